The third kappa shape index (κ3) is 3.67. The zero-order chi connectivity index (χ0) is 18.8. The lowest BCUT2D eigenvalue weighted by molar-refractivity contribution is 0.178. The molecule has 2 aromatic heterocycles. The van der Waals surface area contributed by atoms with Crippen LogP contribution < -0.4 is 5.56 Å². The fourth-order valence-corrected chi connectivity index (χ4v) is 4.44. The second-order valence-corrected chi connectivity index (χ2v) is 7.99. The van der Waals surface area contributed by atoms with Crippen LogP contribution in [0.25, 0.3) is 10.9 Å². The van der Waals surface area contributed by atoms with E-state index in [4.69, 9.17) is 9.72 Å². The number of aromatic nitrogens is 3. The van der Waals surface area contributed by atoms with E-state index < -0.39 is 0 Å². The summed E-state index contributed by atoms with van der Waals surface area (Å²) in [6.45, 7) is 4.83. The van der Waals surface area contributed by atoms with Gasteiger partial charge in [0.15, 0.2) is 0 Å². The smallest absolute Gasteiger partial charge is 0.261 e. The molecule has 7 heteroatoms. The lowest BCUT2D eigenvalue weighted by Gasteiger charge is -2.26. The van der Waals surface area contributed by atoms with Crippen LogP contribution in [0.3, 0.4) is 0 Å². The Labute approximate surface area is 162 Å². The van der Waals surface area contributed by atoms with Crippen LogP contribution in [0.1, 0.15) is 35.4 Å². The summed E-state index contributed by atoms with van der Waals surface area (Å²) >= 11 is 1.68. The van der Waals surface area contributed by atoms with Crippen LogP contribution in [0.5, 0.6) is 0 Å². The van der Waals surface area contributed by atoms with Gasteiger partial charge in [0.25, 0.3) is 5.56 Å². The molecule has 1 fully saturated rings. The van der Waals surface area contributed by atoms with Crippen LogP contribution in [-0.2, 0) is 17.8 Å². The van der Waals surface area contributed by atoms with E-state index in [0.29, 0.717) is 18.5 Å². The molecule has 0 saturated carbocycles. The van der Waals surface area contributed by atoms with Gasteiger partial charge in [0.1, 0.15) is 5.82 Å². The summed E-state index contributed by atoms with van der Waals surface area (Å²) in [5.74, 6) is 0.847. The Morgan fingerprint density at radius 3 is 2.93 bits per heavy atom. The molecule has 1 saturated heterocycles. The molecule has 0 amide bonds. The van der Waals surface area contributed by atoms with E-state index in [2.05, 4.69) is 15.3 Å². The predicted octanol–water partition coefficient (Wildman–Crippen LogP) is 3.14. The third-order valence-corrected chi connectivity index (χ3v) is 5.93. The lowest BCUT2D eigenvalue weighted by atomic mass is 10.1. The molecule has 1 unspecified atom stereocenters. The topological polar surface area (TPSA) is 60.2 Å². The van der Waals surface area contributed by atoms with Crippen LogP contribution in [0, 0.1) is 6.92 Å². The highest BCUT2D eigenvalue weighted by Crippen LogP contribution is 2.32. The van der Waals surface area contributed by atoms with Crippen molar-refractivity contribution in [2.75, 3.05) is 20.3 Å². The maximum absolute atomic E-state index is 13.1. The third-order valence-electron chi connectivity index (χ3n) is 5.10. The molecule has 0 spiro atoms. The van der Waals surface area contributed by atoms with E-state index in [1.54, 1.807) is 23.0 Å². The fourth-order valence-electron chi connectivity index (χ4n) is 3.83. The summed E-state index contributed by atoms with van der Waals surface area (Å²) in [5.41, 5.74) is 1.88. The highest BCUT2D eigenvalue weighted by Gasteiger charge is 2.30. The molecule has 1 aromatic carbocycles. The van der Waals surface area contributed by atoms with Crippen molar-refractivity contribution in [2.45, 2.75) is 38.9 Å². The van der Waals surface area contributed by atoms with Crippen LogP contribution in [0.4, 0.5) is 0 Å². The van der Waals surface area contributed by atoms with E-state index in [0.717, 1.165) is 48.0 Å². The molecule has 3 aromatic rings. The second kappa shape index (κ2) is 7.88. The number of hydrogen-bond donors (Lipinski definition) is 0. The monoisotopic (exact) mass is 384 g/mol. The molecular formula is C20H24N4O2S. The number of fused-ring (bicyclic) bond motifs is 1. The molecule has 27 heavy (non-hydrogen) atoms. The number of nitrogens with zero attached hydrogens (tertiary/aromatic N) is 4. The van der Waals surface area contributed by atoms with Crippen molar-refractivity contribution >= 4 is 22.2 Å². The molecule has 0 bridgehead atoms. The van der Waals surface area contributed by atoms with E-state index in [1.165, 1.54) is 0 Å². The minimum atomic E-state index is 0.0176. The number of rotatable bonds is 6. The second-order valence-electron chi connectivity index (χ2n) is 6.92. The number of methoxy groups -OCH3 is 1. The summed E-state index contributed by atoms with van der Waals surface area (Å²) in [5, 5.41) is 3.87. The van der Waals surface area contributed by atoms with Gasteiger partial charge in [-0.2, -0.15) is 0 Å². The molecule has 0 aliphatic carbocycles. The average Bonchev–Trinajstić information content (AvgIpc) is 3.30. The van der Waals surface area contributed by atoms with Gasteiger partial charge >= 0.3 is 0 Å². The largest absolute Gasteiger partial charge is 0.383 e. The Bertz CT molecular complexity index is 997. The normalized spacial score (nSPS) is 17.8. The molecule has 142 valence electrons. The molecule has 3 heterocycles. The minimum Gasteiger partial charge on any atom is -0.383 e. The summed E-state index contributed by atoms with van der Waals surface area (Å²) < 4.78 is 7.05. The first-order valence-electron chi connectivity index (χ1n) is 9.31. The molecule has 1 aliphatic rings. The zero-order valence-electron chi connectivity index (χ0n) is 15.7. The summed E-state index contributed by atoms with van der Waals surface area (Å²) in [4.78, 5) is 25.0. The van der Waals surface area contributed by atoms with Crippen molar-refractivity contribution in [2.24, 2.45) is 0 Å². The number of aryl methyl sites for hydroxylation is 1. The SMILES string of the molecule is COCCn1c(C2CCCN2Cc2csc(C)n2)nc2ccccc2c1=O. The van der Waals surface area contributed by atoms with Gasteiger partial charge in [0, 0.05) is 19.0 Å². The lowest BCUT2D eigenvalue weighted by Crippen LogP contribution is -2.33. The summed E-state index contributed by atoms with van der Waals surface area (Å²) in [7, 11) is 1.66. The van der Waals surface area contributed by atoms with E-state index in [1.807, 2.05) is 31.2 Å². The Kier molecular flexibility index (Phi) is 5.33. The zero-order valence-corrected chi connectivity index (χ0v) is 16.5. The minimum absolute atomic E-state index is 0.0176. The average molecular weight is 385 g/mol. The number of hydrogen-bond acceptors (Lipinski definition) is 6. The number of ether oxygens (including phenoxy) is 1. The van der Waals surface area contributed by atoms with Crippen molar-refractivity contribution in [3.63, 3.8) is 0 Å². The van der Waals surface area contributed by atoms with Crippen molar-refractivity contribution < 1.29 is 4.74 Å². The van der Waals surface area contributed by atoms with Gasteiger partial charge in [-0.25, -0.2) is 9.97 Å². The quantitative estimate of drug-likeness (QED) is 0.653. The first-order chi connectivity index (χ1) is 13.2. The molecule has 0 N–H and O–H groups in total. The fraction of sp³-hybridized carbons (Fsp3) is 0.450. The van der Waals surface area contributed by atoms with Crippen LogP contribution in [-0.4, -0.2) is 39.7 Å². The van der Waals surface area contributed by atoms with E-state index in [9.17, 15) is 4.79 Å². The van der Waals surface area contributed by atoms with Gasteiger partial charge < -0.3 is 4.74 Å². The van der Waals surface area contributed by atoms with Crippen molar-refractivity contribution in [1.82, 2.24) is 19.4 Å². The molecule has 0 radical (unpaired) electrons. The standard InChI is InChI=1S/C20H24N4O2S/c1-14-21-15(13-27-14)12-23-9-5-8-18(23)19-22-17-7-4-3-6-16(17)20(25)24(19)10-11-26-2/h3-4,6-7,13,18H,5,8-12H2,1-2H3. The maximum Gasteiger partial charge on any atom is 0.261 e. The van der Waals surface area contributed by atoms with Gasteiger partial charge in [-0.1, -0.05) is 12.1 Å². The Balaban J connectivity index is 1.75. The van der Waals surface area contributed by atoms with Gasteiger partial charge in [0.2, 0.25) is 0 Å². The van der Waals surface area contributed by atoms with Gasteiger partial charge in [0.05, 0.1) is 40.8 Å². The summed E-state index contributed by atoms with van der Waals surface area (Å²) in [6, 6.07) is 7.72. The van der Waals surface area contributed by atoms with Crippen LogP contribution in [0.2, 0.25) is 0 Å². The predicted molar refractivity (Wildman–Crippen MR) is 107 cm³/mol. The highest BCUT2D eigenvalue weighted by atomic mass is 32.1. The van der Waals surface area contributed by atoms with E-state index in [-0.39, 0.29) is 11.6 Å². The highest BCUT2D eigenvalue weighted by molar-refractivity contribution is 7.09. The maximum atomic E-state index is 13.1. The van der Waals surface area contributed by atoms with Gasteiger partial charge in [-0.05, 0) is 38.4 Å². The molecule has 1 atom stereocenters. The van der Waals surface area contributed by atoms with Crippen molar-refractivity contribution in [1.29, 1.82) is 0 Å². The molecular weight excluding hydrogens is 360 g/mol. The van der Waals surface area contributed by atoms with Gasteiger partial charge in [-0.15, -0.1) is 11.3 Å². The number of thiazole rings is 1. The number of benzene rings is 1. The first-order valence-corrected chi connectivity index (χ1v) is 10.2. The van der Waals surface area contributed by atoms with Crippen LogP contribution in [0.15, 0.2) is 34.4 Å². The number of para-hydroxylation sites is 1. The molecule has 1 aliphatic heterocycles. The Hall–Kier alpha value is -2.09. The van der Waals surface area contributed by atoms with Crippen molar-refractivity contribution in [3.8, 4) is 0 Å². The summed E-state index contributed by atoms with van der Waals surface area (Å²) in [6.07, 6.45) is 2.10. The first kappa shape index (κ1) is 18.3. The van der Waals surface area contributed by atoms with Crippen molar-refractivity contribution in [3.05, 3.63) is 56.5 Å². The molecule has 4 rings (SSSR count). The van der Waals surface area contributed by atoms with E-state index >= 15 is 0 Å². The Morgan fingerprint density at radius 1 is 1.30 bits per heavy atom. The molecule has 6 nitrogen and oxygen atoms in total. The Morgan fingerprint density at radius 2 is 2.15 bits per heavy atom. The van der Waals surface area contributed by atoms with Gasteiger partial charge in [-0.3, -0.25) is 14.3 Å². The van der Waals surface area contributed by atoms with Crippen LogP contribution >= 0.6 is 11.3 Å². The number of likely N-dealkylation sites (tertiary alicyclic amines) is 1.